The lowest BCUT2D eigenvalue weighted by atomic mass is 10.0. The van der Waals surface area contributed by atoms with Crippen LogP contribution < -0.4 is 0 Å². The summed E-state index contributed by atoms with van der Waals surface area (Å²) in [5.74, 6) is 0.363. The fourth-order valence-electron chi connectivity index (χ4n) is 2.51. The number of carbonyl (C=O) groups is 1. The molecular weight excluding hydrogens is 396 g/mol. The van der Waals surface area contributed by atoms with E-state index in [1.54, 1.807) is 6.08 Å². The Bertz CT molecular complexity index is 516. The van der Waals surface area contributed by atoms with Crippen LogP contribution >= 0.6 is 0 Å². The molecule has 0 bridgehead atoms. The maximum atomic E-state index is 12.5. The van der Waals surface area contributed by atoms with Crippen LogP contribution in [-0.4, -0.2) is 48.3 Å². The summed E-state index contributed by atoms with van der Waals surface area (Å²) in [6, 6.07) is 1.13. The Kier molecular flexibility index (Phi) is 12.4. The quantitative estimate of drug-likeness (QED) is 0.130. The van der Waals surface area contributed by atoms with Gasteiger partial charge in [-0.3, -0.25) is 4.79 Å². The molecule has 2 atom stereocenters. The molecule has 29 heavy (non-hydrogen) atoms. The third kappa shape index (κ3) is 12.9. The van der Waals surface area contributed by atoms with Crippen molar-refractivity contribution < 1.29 is 18.7 Å². The first-order valence-corrected chi connectivity index (χ1v) is 17.7. The summed E-state index contributed by atoms with van der Waals surface area (Å²) in [5, 5.41) is 0.191. The van der Waals surface area contributed by atoms with Crippen LogP contribution in [0.25, 0.3) is 0 Å². The molecule has 0 fully saturated rings. The molecule has 0 aromatic rings. The second kappa shape index (κ2) is 12.5. The highest BCUT2D eigenvalue weighted by Crippen LogP contribution is 2.36. The summed E-state index contributed by atoms with van der Waals surface area (Å²) in [4.78, 5) is 12.5. The van der Waals surface area contributed by atoms with Crippen LogP contribution in [-0.2, 0) is 18.7 Å². The summed E-state index contributed by atoms with van der Waals surface area (Å²) >= 11 is 0. The highest BCUT2D eigenvalue weighted by atomic mass is 28.4. The normalized spacial score (nSPS) is 16.0. The lowest BCUT2D eigenvalue weighted by Crippen LogP contribution is -2.41. The first-order chi connectivity index (χ1) is 13.1. The summed E-state index contributed by atoms with van der Waals surface area (Å²) in [5.41, 5.74) is 0.976. The van der Waals surface area contributed by atoms with E-state index in [-0.39, 0.29) is 22.8 Å². The standard InChI is InChI=1S/C23H48O4Si2/c1-12-22(26-18-25-13-14-28(7,8)9)20(3)16-21(24)15-19(2)17-27-29(10,11)23(4,5)6/h16,19,22H,12-15,17-18H2,1-11H3/b20-16+/t19-,22-/m0/s1. The summed E-state index contributed by atoms with van der Waals surface area (Å²) in [6.07, 6.45) is 3.02. The molecule has 0 aliphatic rings. The zero-order valence-electron chi connectivity index (χ0n) is 21.1. The zero-order valence-corrected chi connectivity index (χ0v) is 23.1. The van der Waals surface area contributed by atoms with Gasteiger partial charge in [-0.15, -0.1) is 0 Å². The van der Waals surface area contributed by atoms with Gasteiger partial charge in [0.2, 0.25) is 0 Å². The third-order valence-electron chi connectivity index (χ3n) is 5.70. The highest BCUT2D eigenvalue weighted by Gasteiger charge is 2.37. The largest absolute Gasteiger partial charge is 0.417 e. The van der Waals surface area contributed by atoms with E-state index in [0.717, 1.165) is 24.6 Å². The van der Waals surface area contributed by atoms with Gasteiger partial charge in [-0.25, -0.2) is 0 Å². The number of ketones is 1. The van der Waals surface area contributed by atoms with E-state index in [9.17, 15) is 4.79 Å². The number of hydrogen-bond donors (Lipinski definition) is 0. The summed E-state index contributed by atoms with van der Waals surface area (Å²) in [6.45, 7) is 26.0. The Morgan fingerprint density at radius 1 is 1.10 bits per heavy atom. The van der Waals surface area contributed by atoms with Crippen LogP contribution in [0, 0.1) is 5.92 Å². The molecule has 0 heterocycles. The molecule has 0 aliphatic carbocycles. The maximum absolute atomic E-state index is 12.5. The van der Waals surface area contributed by atoms with Crippen molar-refractivity contribution >= 4 is 22.2 Å². The number of allylic oxidation sites excluding steroid dienone is 1. The van der Waals surface area contributed by atoms with E-state index in [0.29, 0.717) is 19.8 Å². The van der Waals surface area contributed by atoms with Crippen molar-refractivity contribution in [2.24, 2.45) is 5.92 Å². The lowest BCUT2D eigenvalue weighted by molar-refractivity contribution is -0.115. The molecule has 0 unspecified atom stereocenters. The minimum absolute atomic E-state index is 0.0652. The number of carbonyl (C=O) groups excluding carboxylic acids is 1. The van der Waals surface area contributed by atoms with Crippen LogP contribution in [0.15, 0.2) is 11.6 Å². The van der Waals surface area contributed by atoms with Crippen LogP contribution in [0.4, 0.5) is 0 Å². The van der Waals surface area contributed by atoms with Crippen molar-refractivity contribution in [1.82, 2.24) is 0 Å². The van der Waals surface area contributed by atoms with Gasteiger partial charge >= 0.3 is 0 Å². The van der Waals surface area contributed by atoms with E-state index in [2.05, 4.69) is 67.4 Å². The fourth-order valence-corrected chi connectivity index (χ4v) is 4.40. The molecule has 0 N–H and O–H groups in total. The zero-order chi connectivity index (χ0) is 22.9. The Labute approximate surface area is 182 Å². The smallest absolute Gasteiger partial charge is 0.191 e. The van der Waals surface area contributed by atoms with E-state index in [1.165, 1.54) is 0 Å². The van der Waals surface area contributed by atoms with E-state index in [1.807, 2.05) is 6.92 Å². The SMILES string of the molecule is CC[C@H](OCOCC[Si](C)(C)C)/C(C)=C/C(=O)C[C@H](C)CO[Si](C)(C)C(C)(C)C. The average Bonchev–Trinajstić information content (AvgIpc) is 2.54. The van der Waals surface area contributed by atoms with Crippen LogP contribution in [0.5, 0.6) is 0 Å². The predicted octanol–water partition coefficient (Wildman–Crippen LogP) is 6.66. The van der Waals surface area contributed by atoms with Crippen molar-refractivity contribution in [3.63, 3.8) is 0 Å². The average molecular weight is 445 g/mol. The van der Waals surface area contributed by atoms with Gasteiger partial charge in [0.05, 0.1) is 6.10 Å². The molecule has 0 aromatic heterocycles. The fraction of sp³-hybridized carbons (Fsp3) is 0.870. The van der Waals surface area contributed by atoms with Crippen LogP contribution in [0.3, 0.4) is 0 Å². The Hall–Kier alpha value is -0.276. The van der Waals surface area contributed by atoms with Gasteiger partial charge in [0.1, 0.15) is 6.79 Å². The number of rotatable bonds is 14. The monoisotopic (exact) mass is 444 g/mol. The molecule has 4 nitrogen and oxygen atoms in total. The molecular formula is C23H48O4Si2. The van der Waals surface area contributed by atoms with E-state index >= 15 is 0 Å². The molecule has 0 amide bonds. The van der Waals surface area contributed by atoms with Gasteiger partial charge in [-0.05, 0) is 55.1 Å². The molecule has 0 saturated heterocycles. The molecule has 0 radical (unpaired) electrons. The maximum Gasteiger partial charge on any atom is 0.191 e. The minimum atomic E-state index is -1.77. The van der Waals surface area contributed by atoms with Crippen molar-refractivity contribution in [2.75, 3.05) is 20.0 Å². The van der Waals surface area contributed by atoms with Gasteiger partial charge in [-0.1, -0.05) is 54.3 Å². The first-order valence-electron chi connectivity index (χ1n) is 11.1. The van der Waals surface area contributed by atoms with Crippen molar-refractivity contribution in [3.05, 3.63) is 11.6 Å². The van der Waals surface area contributed by atoms with Crippen LogP contribution in [0.1, 0.15) is 54.4 Å². The van der Waals surface area contributed by atoms with Gasteiger partial charge in [-0.2, -0.15) is 0 Å². The molecule has 0 aromatic carbocycles. The van der Waals surface area contributed by atoms with Gasteiger partial charge in [0.25, 0.3) is 0 Å². The molecule has 0 rings (SSSR count). The number of hydrogen-bond acceptors (Lipinski definition) is 4. The molecule has 0 aliphatic heterocycles. The lowest BCUT2D eigenvalue weighted by Gasteiger charge is -2.36. The van der Waals surface area contributed by atoms with Crippen molar-refractivity contribution in [1.29, 1.82) is 0 Å². The van der Waals surface area contributed by atoms with Gasteiger partial charge in [0, 0.05) is 27.7 Å². The summed E-state index contributed by atoms with van der Waals surface area (Å²) in [7, 11) is -2.84. The predicted molar refractivity (Wildman–Crippen MR) is 130 cm³/mol. The second-order valence-corrected chi connectivity index (χ2v) is 21.6. The molecule has 0 spiro atoms. The van der Waals surface area contributed by atoms with E-state index < -0.39 is 16.4 Å². The first kappa shape index (κ1) is 28.7. The molecule has 0 saturated carbocycles. The van der Waals surface area contributed by atoms with Crippen LogP contribution in [0.2, 0.25) is 43.8 Å². The highest BCUT2D eigenvalue weighted by molar-refractivity contribution is 6.76. The van der Waals surface area contributed by atoms with Crippen molar-refractivity contribution in [3.8, 4) is 0 Å². The van der Waals surface area contributed by atoms with Crippen molar-refractivity contribution in [2.45, 2.75) is 104 Å². The third-order valence-corrected chi connectivity index (χ3v) is 11.9. The molecule has 6 heteroatoms. The number of ether oxygens (including phenoxy) is 2. The Morgan fingerprint density at radius 2 is 1.69 bits per heavy atom. The topological polar surface area (TPSA) is 44.8 Å². The minimum Gasteiger partial charge on any atom is -0.417 e. The van der Waals surface area contributed by atoms with Gasteiger partial charge < -0.3 is 13.9 Å². The molecule has 172 valence electrons. The van der Waals surface area contributed by atoms with E-state index in [4.69, 9.17) is 13.9 Å². The second-order valence-electron chi connectivity index (χ2n) is 11.1. The summed E-state index contributed by atoms with van der Waals surface area (Å²) < 4.78 is 17.8. The Morgan fingerprint density at radius 3 is 2.17 bits per heavy atom. The Balaban J connectivity index is 4.46. The van der Waals surface area contributed by atoms with Gasteiger partial charge in [0.15, 0.2) is 14.1 Å².